The molecule has 2 amide bonds. The molecule has 3 rings (SSSR count). The normalized spacial score (nSPS) is 18.4. The molecule has 0 radical (unpaired) electrons. The van der Waals surface area contributed by atoms with E-state index in [1.165, 1.54) is 14.0 Å². The summed E-state index contributed by atoms with van der Waals surface area (Å²) in [5.41, 5.74) is 0.756. The number of carbonyl (C=O) groups excluding carboxylic acids is 3. The maximum atomic E-state index is 13.9. The molecular formula is C27H34N2O5. The monoisotopic (exact) mass is 466 g/mol. The van der Waals surface area contributed by atoms with Crippen LogP contribution in [-0.4, -0.2) is 67.0 Å². The van der Waals surface area contributed by atoms with Gasteiger partial charge in [-0.3, -0.25) is 9.59 Å². The van der Waals surface area contributed by atoms with Crippen molar-refractivity contribution < 1.29 is 23.9 Å². The van der Waals surface area contributed by atoms with Crippen molar-refractivity contribution in [3.8, 4) is 5.75 Å². The Morgan fingerprint density at radius 2 is 1.68 bits per heavy atom. The predicted octanol–water partition coefficient (Wildman–Crippen LogP) is 3.45. The number of carbonyl (C=O) groups is 3. The molecule has 0 aromatic heterocycles. The zero-order chi connectivity index (χ0) is 25.1. The van der Waals surface area contributed by atoms with Gasteiger partial charge in [0.15, 0.2) is 5.54 Å². The van der Waals surface area contributed by atoms with Crippen LogP contribution in [0.5, 0.6) is 5.75 Å². The summed E-state index contributed by atoms with van der Waals surface area (Å²) >= 11 is 0. The molecule has 1 unspecified atom stereocenters. The van der Waals surface area contributed by atoms with Crippen LogP contribution in [0.15, 0.2) is 48.5 Å². The standard InChI is InChI=1S/C27H34N2O5/c1-19(30)28-14-15-29(24(31)21-12-13-22(26(2,3)4)23(16-21)33-5)27(18-28,25(32)34-6)17-20-10-8-7-9-11-20/h7-13,16H,14-15,17-18H2,1-6H3. The molecule has 0 aliphatic carbocycles. The minimum absolute atomic E-state index is 0.0624. The first-order chi connectivity index (χ1) is 16.0. The summed E-state index contributed by atoms with van der Waals surface area (Å²) in [5.74, 6) is -0.380. The average Bonchev–Trinajstić information content (AvgIpc) is 2.82. The van der Waals surface area contributed by atoms with Gasteiger partial charge < -0.3 is 19.3 Å². The van der Waals surface area contributed by atoms with E-state index >= 15 is 0 Å². The molecule has 7 nitrogen and oxygen atoms in total. The number of ether oxygens (including phenoxy) is 2. The largest absolute Gasteiger partial charge is 0.496 e. The number of rotatable bonds is 5. The van der Waals surface area contributed by atoms with Crippen LogP contribution in [0.4, 0.5) is 0 Å². The van der Waals surface area contributed by atoms with Gasteiger partial charge in [0.05, 0.1) is 20.8 Å². The fourth-order valence-corrected chi connectivity index (χ4v) is 4.60. The van der Waals surface area contributed by atoms with Gasteiger partial charge in [0.2, 0.25) is 5.91 Å². The van der Waals surface area contributed by atoms with Crippen molar-refractivity contribution in [2.75, 3.05) is 33.9 Å². The molecule has 0 N–H and O–H groups in total. The van der Waals surface area contributed by atoms with Crippen molar-refractivity contribution >= 4 is 17.8 Å². The fraction of sp³-hybridized carbons (Fsp3) is 0.444. The van der Waals surface area contributed by atoms with E-state index in [0.717, 1.165) is 11.1 Å². The third-order valence-corrected chi connectivity index (χ3v) is 6.41. The fourth-order valence-electron chi connectivity index (χ4n) is 4.60. The minimum atomic E-state index is -1.35. The molecule has 34 heavy (non-hydrogen) atoms. The van der Waals surface area contributed by atoms with E-state index in [-0.39, 0.29) is 36.7 Å². The van der Waals surface area contributed by atoms with E-state index in [0.29, 0.717) is 17.9 Å². The van der Waals surface area contributed by atoms with Crippen LogP contribution < -0.4 is 4.74 Å². The highest BCUT2D eigenvalue weighted by Crippen LogP contribution is 2.34. The van der Waals surface area contributed by atoms with Crippen LogP contribution in [0.1, 0.15) is 49.2 Å². The molecule has 1 heterocycles. The summed E-state index contributed by atoms with van der Waals surface area (Å²) in [6.45, 7) is 8.32. The van der Waals surface area contributed by atoms with Gasteiger partial charge in [-0.25, -0.2) is 4.79 Å². The second-order valence-corrected chi connectivity index (χ2v) is 9.75. The van der Waals surface area contributed by atoms with E-state index in [9.17, 15) is 14.4 Å². The van der Waals surface area contributed by atoms with Gasteiger partial charge in [-0.15, -0.1) is 0 Å². The van der Waals surface area contributed by atoms with Crippen molar-refractivity contribution in [1.29, 1.82) is 0 Å². The third kappa shape index (κ3) is 4.93. The number of nitrogens with zero attached hydrogens (tertiary/aromatic N) is 2. The number of hydrogen-bond donors (Lipinski definition) is 0. The van der Waals surface area contributed by atoms with E-state index in [2.05, 4.69) is 20.8 Å². The Bertz CT molecular complexity index is 1060. The maximum Gasteiger partial charge on any atom is 0.334 e. The Labute approximate surface area is 201 Å². The molecule has 2 aromatic rings. The molecule has 0 spiro atoms. The van der Waals surface area contributed by atoms with Crippen LogP contribution in [0, 0.1) is 0 Å². The summed E-state index contributed by atoms with van der Waals surface area (Å²) in [7, 11) is 2.89. The van der Waals surface area contributed by atoms with Gasteiger partial charge in [0.25, 0.3) is 5.91 Å². The van der Waals surface area contributed by atoms with Gasteiger partial charge in [-0.05, 0) is 28.7 Å². The van der Waals surface area contributed by atoms with Crippen molar-refractivity contribution in [2.24, 2.45) is 0 Å². The van der Waals surface area contributed by atoms with Crippen LogP contribution in [0.3, 0.4) is 0 Å². The highest BCUT2D eigenvalue weighted by Gasteiger charge is 2.52. The van der Waals surface area contributed by atoms with E-state index in [4.69, 9.17) is 9.47 Å². The van der Waals surface area contributed by atoms with Crippen molar-refractivity contribution in [2.45, 2.75) is 45.1 Å². The summed E-state index contributed by atoms with van der Waals surface area (Å²) in [6, 6.07) is 14.9. The summed E-state index contributed by atoms with van der Waals surface area (Å²) in [5, 5.41) is 0. The second kappa shape index (κ2) is 9.87. The summed E-state index contributed by atoms with van der Waals surface area (Å²) in [4.78, 5) is 42.7. The lowest BCUT2D eigenvalue weighted by Gasteiger charge is -2.48. The average molecular weight is 467 g/mol. The number of piperazine rings is 1. The van der Waals surface area contributed by atoms with Gasteiger partial charge in [-0.2, -0.15) is 0 Å². The first kappa shape index (κ1) is 25.3. The Hall–Kier alpha value is -3.35. The Morgan fingerprint density at radius 3 is 2.24 bits per heavy atom. The molecule has 2 aromatic carbocycles. The molecule has 182 valence electrons. The minimum Gasteiger partial charge on any atom is -0.496 e. The molecule has 1 atom stereocenters. The molecule has 1 saturated heterocycles. The van der Waals surface area contributed by atoms with Crippen LogP contribution in [-0.2, 0) is 26.2 Å². The Balaban J connectivity index is 2.10. The molecule has 1 fully saturated rings. The van der Waals surface area contributed by atoms with Gasteiger partial charge in [-0.1, -0.05) is 57.2 Å². The smallest absolute Gasteiger partial charge is 0.334 e. The SMILES string of the molecule is COC(=O)C1(Cc2ccccc2)CN(C(C)=O)CCN1C(=O)c1ccc(C(C)(C)C)c(OC)c1. The maximum absolute atomic E-state index is 13.9. The Morgan fingerprint density at radius 1 is 1.00 bits per heavy atom. The summed E-state index contributed by atoms with van der Waals surface area (Å²) < 4.78 is 10.8. The zero-order valence-corrected chi connectivity index (χ0v) is 20.9. The lowest BCUT2D eigenvalue weighted by molar-refractivity contribution is -0.159. The highest BCUT2D eigenvalue weighted by atomic mass is 16.5. The first-order valence-corrected chi connectivity index (χ1v) is 11.4. The molecule has 1 aliphatic rings. The van der Waals surface area contributed by atoms with E-state index < -0.39 is 11.5 Å². The van der Waals surface area contributed by atoms with Crippen molar-refractivity contribution in [1.82, 2.24) is 9.80 Å². The van der Waals surface area contributed by atoms with E-state index in [1.54, 1.807) is 29.0 Å². The van der Waals surface area contributed by atoms with E-state index in [1.807, 2.05) is 36.4 Å². The lowest BCUT2D eigenvalue weighted by atomic mass is 9.84. The summed E-state index contributed by atoms with van der Waals surface area (Å²) in [6.07, 6.45) is 0.229. The quantitative estimate of drug-likeness (QED) is 0.631. The number of amides is 2. The highest BCUT2D eigenvalue weighted by molar-refractivity contribution is 5.99. The van der Waals surface area contributed by atoms with Gasteiger partial charge in [0.1, 0.15) is 5.75 Å². The van der Waals surface area contributed by atoms with Crippen molar-refractivity contribution in [3.63, 3.8) is 0 Å². The van der Waals surface area contributed by atoms with Crippen LogP contribution in [0.2, 0.25) is 0 Å². The molecule has 0 bridgehead atoms. The van der Waals surface area contributed by atoms with Crippen LogP contribution >= 0.6 is 0 Å². The number of methoxy groups -OCH3 is 2. The van der Waals surface area contributed by atoms with Gasteiger partial charge in [0, 0.05) is 32.0 Å². The topological polar surface area (TPSA) is 76.2 Å². The third-order valence-electron chi connectivity index (χ3n) is 6.41. The van der Waals surface area contributed by atoms with Crippen molar-refractivity contribution in [3.05, 3.63) is 65.2 Å². The zero-order valence-electron chi connectivity index (χ0n) is 20.9. The van der Waals surface area contributed by atoms with Crippen LogP contribution in [0.25, 0.3) is 0 Å². The number of esters is 1. The molecule has 7 heteroatoms. The first-order valence-electron chi connectivity index (χ1n) is 11.4. The second-order valence-electron chi connectivity index (χ2n) is 9.75. The molecule has 0 saturated carbocycles. The lowest BCUT2D eigenvalue weighted by Crippen LogP contribution is -2.69. The number of benzene rings is 2. The number of hydrogen-bond acceptors (Lipinski definition) is 5. The predicted molar refractivity (Wildman–Crippen MR) is 130 cm³/mol. The molecular weight excluding hydrogens is 432 g/mol. The Kier molecular flexibility index (Phi) is 7.34. The van der Waals surface area contributed by atoms with Gasteiger partial charge >= 0.3 is 5.97 Å². The molecule has 1 aliphatic heterocycles.